The first-order valence-electron chi connectivity index (χ1n) is 8.02. The van der Waals surface area contributed by atoms with Crippen LogP contribution in [0.1, 0.15) is 37.6 Å². The zero-order valence-electron chi connectivity index (χ0n) is 13.9. The number of aryl methyl sites for hydroxylation is 1. The topological polar surface area (TPSA) is 71.3 Å². The van der Waals surface area contributed by atoms with Gasteiger partial charge < -0.3 is 15.0 Å². The Bertz CT molecular complexity index is 703. The molecule has 2 aromatic rings. The number of fused-ring (bicyclic) bond motifs is 1. The van der Waals surface area contributed by atoms with Gasteiger partial charge in [0.2, 0.25) is 0 Å². The van der Waals surface area contributed by atoms with Gasteiger partial charge >= 0.3 is 5.97 Å². The van der Waals surface area contributed by atoms with Gasteiger partial charge in [0, 0.05) is 30.2 Å². The minimum absolute atomic E-state index is 0.151. The summed E-state index contributed by atoms with van der Waals surface area (Å²) in [7, 11) is 0. The Morgan fingerprint density at radius 2 is 1.96 bits per heavy atom. The molecule has 1 heterocycles. The number of rotatable bonds is 7. The number of amides is 1. The number of carboxylic acid groups (broad SMARTS) is 1. The highest BCUT2D eigenvalue weighted by Crippen LogP contribution is 2.21. The monoisotopic (exact) mass is 316 g/mol. The van der Waals surface area contributed by atoms with E-state index < -0.39 is 11.9 Å². The predicted molar refractivity (Wildman–Crippen MR) is 90.5 cm³/mol. The largest absolute Gasteiger partial charge is 0.481 e. The Morgan fingerprint density at radius 3 is 2.57 bits per heavy atom. The van der Waals surface area contributed by atoms with Crippen molar-refractivity contribution >= 4 is 22.8 Å². The Kier molecular flexibility index (Phi) is 5.42. The van der Waals surface area contributed by atoms with Crippen LogP contribution in [0.5, 0.6) is 0 Å². The third-order valence-corrected chi connectivity index (χ3v) is 3.99. The van der Waals surface area contributed by atoms with Gasteiger partial charge in [-0.05, 0) is 25.3 Å². The van der Waals surface area contributed by atoms with Gasteiger partial charge in [-0.3, -0.25) is 9.59 Å². The maximum atomic E-state index is 12.5. The molecule has 0 aliphatic rings. The summed E-state index contributed by atoms with van der Waals surface area (Å²) in [6.07, 6.45) is 2.38. The molecule has 5 heteroatoms. The molecule has 2 N–H and O–H groups in total. The quantitative estimate of drug-likeness (QED) is 0.824. The molecular formula is C18H24N2O3. The molecular weight excluding hydrogens is 292 g/mol. The molecule has 0 saturated heterocycles. The van der Waals surface area contributed by atoms with Gasteiger partial charge in [0.1, 0.15) is 0 Å². The summed E-state index contributed by atoms with van der Waals surface area (Å²) in [6.45, 7) is 6.91. The smallest absolute Gasteiger partial charge is 0.308 e. The van der Waals surface area contributed by atoms with Crippen LogP contribution in [0.15, 0.2) is 30.5 Å². The lowest BCUT2D eigenvalue weighted by Crippen LogP contribution is -2.33. The maximum Gasteiger partial charge on any atom is 0.308 e. The van der Waals surface area contributed by atoms with E-state index in [1.165, 1.54) is 0 Å². The van der Waals surface area contributed by atoms with E-state index in [1.807, 2.05) is 55.8 Å². The summed E-state index contributed by atoms with van der Waals surface area (Å²) in [5.41, 5.74) is 1.60. The summed E-state index contributed by atoms with van der Waals surface area (Å²) in [4.78, 5) is 23.8. The first-order chi connectivity index (χ1) is 10.9. The number of carboxylic acids is 1. The number of carbonyl (C=O) groups is 2. The van der Waals surface area contributed by atoms with Crippen molar-refractivity contribution < 1.29 is 14.7 Å². The molecule has 1 amide bonds. The molecule has 0 saturated carbocycles. The van der Waals surface area contributed by atoms with Gasteiger partial charge in [-0.25, -0.2) is 0 Å². The molecule has 0 radical (unpaired) electrons. The standard InChI is InChI=1S/C18H24N2O3/c1-4-20-11-15(14-7-5-6-8-16(14)20)17(21)19-10-13(18(22)23)9-12(2)3/h5-8,11-13H,4,9-10H2,1-3H3,(H,19,21)(H,22,23). The van der Waals surface area contributed by atoms with Gasteiger partial charge in [-0.2, -0.15) is 0 Å². The molecule has 1 atom stereocenters. The van der Waals surface area contributed by atoms with Crippen molar-refractivity contribution in [3.63, 3.8) is 0 Å². The number of carbonyl (C=O) groups excluding carboxylic acids is 1. The summed E-state index contributed by atoms with van der Waals surface area (Å²) in [6, 6.07) is 7.74. The molecule has 1 aromatic heterocycles. The Labute approximate surface area is 136 Å². The lowest BCUT2D eigenvalue weighted by molar-refractivity contribution is -0.142. The molecule has 0 bridgehead atoms. The Hall–Kier alpha value is -2.30. The van der Waals surface area contributed by atoms with Crippen LogP contribution >= 0.6 is 0 Å². The normalized spacial score (nSPS) is 12.5. The number of para-hydroxylation sites is 1. The lowest BCUT2D eigenvalue weighted by atomic mass is 9.97. The molecule has 1 aromatic carbocycles. The number of hydrogen-bond acceptors (Lipinski definition) is 2. The minimum atomic E-state index is -0.866. The molecule has 124 valence electrons. The fourth-order valence-corrected chi connectivity index (χ4v) is 2.84. The van der Waals surface area contributed by atoms with E-state index >= 15 is 0 Å². The van der Waals surface area contributed by atoms with Gasteiger partial charge in [0.25, 0.3) is 5.91 Å². The van der Waals surface area contributed by atoms with Crippen molar-refractivity contribution in [3.8, 4) is 0 Å². The van der Waals surface area contributed by atoms with Crippen LogP contribution < -0.4 is 5.32 Å². The first-order valence-corrected chi connectivity index (χ1v) is 8.02. The van der Waals surface area contributed by atoms with E-state index in [0.29, 0.717) is 12.0 Å². The average Bonchev–Trinajstić information content (AvgIpc) is 2.89. The number of benzene rings is 1. The molecule has 0 aliphatic carbocycles. The van der Waals surface area contributed by atoms with Crippen LogP contribution in [0.2, 0.25) is 0 Å². The predicted octanol–water partition coefficient (Wildman–Crippen LogP) is 3.14. The second-order valence-electron chi connectivity index (χ2n) is 6.22. The van der Waals surface area contributed by atoms with Crippen molar-refractivity contribution in [2.75, 3.05) is 6.54 Å². The van der Waals surface area contributed by atoms with Crippen LogP contribution in [0.3, 0.4) is 0 Å². The number of hydrogen-bond donors (Lipinski definition) is 2. The van der Waals surface area contributed by atoms with Crippen LogP contribution in [0.4, 0.5) is 0 Å². The number of nitrogens with zero attached hydrogens (tertiary/aromatic N) is 1. The number of nitrogens with one attached hydrogen (secondary N) is 1. The van der Waals surface area contributed by atoms with Crippen LogP contribution in [0.25, 0.3) is 10.9 Å². The summed E-state index contributed by atoms with van der Waals surface area (Å²) < 4.78 is 2.02. The van der Waals surface area contributed by atoms with Crippen LogP contribution in [-0.4, -0.2) is 28.1 Å². The highest BCUT2D eigenvalue weighted by atomic mass is 16.4. The number of aromatic nitrogens is 1. The molecule has 1 unspecified atom stereocenters. The van der Waals surface area contributed by atoms with E-state index in [0.717, 1.165) is 17.4 Å². The van der Waals surface area contributed by atoms with Crippen LogP contribution in [-0.2, 0) is 11.3 Å². The first kappa shape index (κ1) is 17.1. The zero-order valence-corrected chi connectivity index (χ0v) is 13.9. The average molecular weight is 316 g/mol. The summed E-state index contributed by atoms with van der Waals surface area (Å²) >= 11 is 0. The maximum absolute atomic E-state index is 12.5. The van der Waals surface area contributed by atoms with E-state index in [2.05, 4.69) is 5.32 Å². The Morgan fingerprint density at radius 1 is 1.26 bits per heavy atom. The second kappa shape index (κ2) is 7.31. The van der Waals surface area contributed by atoms with Crippen LogP contribution in [0, 0.1) is 11.8 Å². The van der Waals surface area contributed by atoms with E-state index in [-0.39, 0.29) is 18.4 Å². The molecule has 0 aliphatic heterocycles. The highest BCUT2D eigenvalue weighted by Gasteiger charge is 2.21. The highest BCUT2D eigenvalue weighted by molar-refractivity contribution is 6.07. The van der Waals surface area contributed by atoms with E-state index in [1.54, 1.807) is 0 Å². The Balaban J connectivity index is 2.16. The molecule has 0 fully saturated rings. The number of aliphatic carboxylic acids is 1. The molecule has 2 rings (SSSR count). The molecule has 0 spiro atoms. The van der Waals surface area contributed by atoms with Crippen molar-refractivity contribution in [2.24, 2.45) is 11.8 Å². The van der Waals surface area contributed by atoms with E-state index in [4.69, 9.17) is 0 Å². The molecule has 23 heavy (non-hydrogen) atoms. The lowest BCUT2D eigenvalue weighted by Gasteiger charge is -2.15. The zero-order chi connectivity index (χ0) is 17.0. The third-order valence-electron chi connectivity index (χ3n) is 3.99. The fourth-order valence-electron chi connectivity index (χ4n) is 2.84. The minimum Gasteiger partial charge on any atom is -0.481 e. The van der Waals surface area contributed by atoms with Crippen molar-refractivity contribution in [1.82, 2.24) is 9.88 Å². The molecule has 5 nitrogen and oxygen atoms in total. The SMILES string of the molecule is CCn1cc(C(=O)NCC(CC(C)C)C(=O)O)c2ccccc21. The van der Waals surface area contributed by atoms with Crippen molar-refractivity contribution in [2.45, 2.75) is 33.7 Å². The summed E-state index contributed by atoms with van der Waals surface area (Å²) in [5.74, 6) is -1.37. The third kappa shape index (κ3) is 3.92. The summed E-state index contributed by atoms with van der Waals surface area (Å²) in [5, 5.41) is 12.9. The van der Waals surface area contributed by atoms with Crippen molar-refractivity contribution in [3.05, 3.63) is 36.0 Å². The van der Waals surface area contributed by atoms with Gasteiger partial charge in [-0.1, -0.05) is 32.0 Å². The van der Waals surface area contributed by atoms with Gasteiger partial charge in [-0.15, -0.1) is 0 Å². The van der Waals surface area contributed by atoms with Gasteiger partial charge in [0.15, 0.2) is 0 Å². The van der Waals surface area contributed by atoms with E-state index in [9.17, 15) is 14.7 Å². The van der Waals surface area contributed by atoms with Crippen molar-refractivity contribution in [1.29, 1.82) is 0 Å². The second-order valence-corrected chi connectivity index (χ2v) is 6.22. The fraction of sp³-hybridized carbons (Fsp3) is 0.444. The van der Waals surface area contributed by atoms with Gasteiger partial charge in [0.05, 0.1) is 11.5 Å².